The lowest BCUT2D eigenvalue weighted by Crippen LogP contribution is -2.46. The second-order valence-corrected chi connectivity index (χ2v) is 8.67. The summed E-state index contributed by atoms with van der Waals surface area (Å²) in [5, 5.41) is 5.17. The maximum Gasteiger partial charge on any atom is 0.225 e. The van der Waals surface area contributed by atoms with Crippen molar-refractivity contribution in [1.29, 1.82) is 0 Å². The zero-order chi connectivity index (χ0) is 19.9. The first-order chi connectivity index (χ1) is 14.3. The number of carbonyl (C=O) groups is 1. The Labute approximate surface area is 177 Å². The number of rotatable bonds is 7. The molecule has 0 bridgehead atoms. The minimum absolute atomic E-state index is 0.0881. The molecule has 0 spiro atoms. The van der Waals surface area contributed by atoms with Gasteiger partial charge in [0.15, 0.2) is 0 Å². The molecule has 1 N–H and O–H groups in total. The first-order valence-electron chi connectivity index (χ1n) is 10.5. The van der Waals surface area contributed by atoms with Crippen LogP contribution in [0.4, 0.5) is 11.4 Å². The Morgan fingerprint density at radius 3 is 2.38 bits per heavy atom. The number of ether oxygens (including phenoxy) is 1. The highest BCUT2D eigenvalue weighted by molar-refractivity contribution is 7.09. The second kappa shape index (κ2) is 10.2. The Morgan fingerprint density at radius 2 is 1.69 bits per heavy atom. The number of carbonyl (C=O) groups excluding carboxylic acids is 1. The smallest absolute Gasteiger partial charge is 0.225 e. The Hall–Kier alpha value is -1.93. The summed E-state index contributed by atoms with van der Waals surface area (Å²) in [5.74, 6) is 0.0881. The Kier molecular flexibility index (Phi) is 7.16. The number of hydrogen-bond donors (Lipinski definition) is 1. The van der Waals surface area contributed by atoms with Gasteiger partial charge in [0.2, 0.25) is 5.91 Å². The van der Waals surface area contributed by atoms with E-state index in [-0.39, 0.29) is 5.91 Å². The topological polar surface area (TPSA) is 48.1 Å². The zero-order valence-electron chi connectivity index (χ0n) is 16.9. The molecule has 7 heteroatoms. The molecule has 2 aliphatic rings. The largest absolute Gasteiger partial charge is 0.378 e. The Bertz CT molecular complexity index is 752. The monoisotopic (exact) mass is 414 g/mol. The molecule has 0 radical (unpaired) electrons. The average Bonchev–Trinajstić information content (AvgIpc) is 3.27. The average molecular weight is 415 g/mol. The lowest BCUT2D eigenvalue weighted by molar-refractivity contribution is -0.116. The summed E-state index contributed by atoms with van der Waals surface area (Å²) < 4.78 is 5.40. The molecule has 0 unspecified atom stereocenters. The maximum atomic E-state index is 12.3. The minimum Gasteiger partial charge on any atom is -0.378 e. The summed E-state index contributed by atoms with van der Waals surface area (Å²) in [4.78, 5) is 21.0. The molecule has 3 heterocycles. The standard InChI is InChI=1S/C22H30N4O2S/c27-22(23-19-3-5-20(6-4-19)26-13-15-28-16-14-26)7-8-24-9-11-25(12-10-24)18-21-2-1-17-29-21/h1-6,17H,7-16,18H2,(H,23,27). The predicted octanol–water partition coefficient (Wildman–Crippen LogP) is 2.73. The van der Waals surface area contributed by atoms with Gasteiger partial charge in [-0.15, -0.1) is 11.3 Å². The summed E-state index contributed by atoms with van der Waals surface area (Å²) in [6.45, 7) is 9.49. The molecular formula is C22H30N4O2S. The van der Waals surface area contributed by atoms with Gasteiger partial charge in [0.25, 0.3) is 0 Å². The van der Waals surface area contributed by atoms with Crippen molar-refractivity contribution in [3.8, 4) is 0 Å². The van der Waals surface area contributed by atoms with Gasteiger partial charge in [-0.25, -0.2) is 0 Å². The molecule has 0 saturated carbocycles. The van der Waals surface area contributed by atoms with Crippen molar-refractivity contribution in [3.05, 3.63) is 46.7 Å². The van der Waals surface area contributed by atoms with Crippen LogP contribution in [0.25, 0.3) is 0 Å². The number of morpholine rings is 1. The highest BCUT2D eigenvalue weighted by Crippen LogP contribution is 2.19. The number of anilines is 2. The normalized spacial score (nSPS) is 18.7. The van der Waals surface area contributed by atoms with E-state index in [0.717, 1.165) is 71.3 Å². The predicted molar refractivity (Wildman–Crippen MR) is 119 cm³/mol. The molecule has 2 aliphatic heterocycles. The summed E-state index contributed by atoms with van der Waals surface area (Å²) >= 11 is 1.82. The van der Waals surface area contributed by atoms with Gasteiger partial charge in [-0.1, -0.05) is 6.07 Å². The van der Waals surface area contributed by atoms with Crippen LogP contribution in [-0.2, 0) is 16.1 Å². The van der Waals surface area contributed by atoms with E-state index < -0.39 is 0 Å². The number of nitrogens with zero attached hydrogens (tertiary/aromatic N) is 3. The SMILES string of the molecule is O=C(CCN1CCN(Cc2cccs2)CC1)Nc1ccc(N2CCOCC2)cc1. The van der Waals surface area contributed by atoms with E-state index in [2.05, 4.69) is 49.7 Å². The van der Waals surface area contributed by atoms with Crippen molar-refractivity contribution < 1.29 is 9.53 Å². The number of benzene rings is 1. The van der Waals surface area contributed by atoms with Crippen LogP contribution >= 0.6 is 11.3 Å². The van der Waals surface area contributed by atoms with Crippen LogP contribution in [0.15, 0.2) is 41.8 Å². The molecule has 2 saturated heterocycles. The Morgan fingerprint density at radius 1 is 0.966 bits per heavy atom. The van der Waals surface area contributed by atoms with E-state index in [9.17, 15) is 4.79 Å². The van der Waals surface area contributed by atoms with Gasteiger partial charge in [-0.3, -0.25) is 9.69 Å². The molecule has 29 heavy (non-hydrogen) atoms. The molecule has 1 amide bonds. The molecule has 2 fully saturated rings. The number of hydrogen-bond acceptors (Lipinski definition) is 6. The van der Waals surface area contributed by atoms with Gasteiger partial charge < -0.3 is 19.9 Å². The fourth-order valence-electron chi connectivity index (χ4n) is 3.85. The van der Waals surface area contributed by atoms with Crippen molar-refractivity contribution >= 4 is 28.6 Å². The van der Waals surface area contributed by atoms with Gasteiger partial charge in [0, 0.05) is 75.0 Å². The zero-order valence-corrected chi connectivity index (χ0v) is 17.7. The van der Waals surface area contributed by atoms with Crippen molar-refractivity contribution in [2.75, 3.05) is 69.2 Å². The molecule has 2 aromatic rings. The number of amides is 1. The first kappa shape index (κ1) is 20.3. The maximum absolute atomic E-state index is 12.3. The van der Waals surface area contributed by atoms with Crippen molar-refractivity contribution in [2.24, 2.45) is 0 Å². The fraction of sp³-hybridized carbons (Fsp3) is 0.500. The third kappa shape index (κ3) is 6.02. The summed E-state index contributed by atoms with van der Waals surface area (Å²) in [6.07, 6.45) is 0.538. The molecule has 0 aliphatic carbocycles. The van der Waals surface area contributed by atoms with Crippen LogP contribution in [0.3, 0.4) is 0 Å². The van der Waals surface area contributed by atoms with E-state index in [1.54, 1.807) is 0 Å². The van der Waals surface area contributed by atoms with Crippen molar-refractivity contribution in [2.45, 2.75) is 13.0 Å². The lowest BCUT2D eigenvalue weighted by Gasteiger charge is -2.34. The van der Waals surface area contributed by atoms with Gasteiger partial charge in [-0.2, -0.15) is 0 Å². The molecular weight excluding hydrogens is 384 g/mol. The fourth-order valence-corrected chi connectivity index (χ4v) is 4.60. The molecule has 4 rings (SSSR count). The molecule has 6 nitrogen and oxygen atoms in total. The lowest BCUT2D eigenvalue weighted by atomic mass is 10.2. The van der Waals surface area contributed by atoms with Crippen LogP contribution in [0.5, 0.6) is 0 Å². The molecule has 1 aromatic carbocycles. The minimum atomic E-state index is 0.0881. The van der Waals surface area contributed by atoms with Crippen LogP contribution in [0.2, 0.25) is 0 Å². The van der Waals surface area contributed by atoms with Gasteiger partial charge >= 0.3 is 0 Å². The highest BCUT2D eigenvalue weighted by Gasteiger charge is 2.18. The first-order valence-corrected chi connectivity index (χ1v) is 11.3. The van der Waals surface area contributed by atoms with E-state index in [1.807, 2.05) is 23.5 Å². The van der Waals surface area contributed by atoms with E-state index in [0.29, 0.717) is 6.42 Å². The molecule has 1 aromatic heterocycles. The van der Waals surface area contributed by atoms with Crippen LogP contribution in [0, 0.1) is 0 Å². The van der Waals surface area contributed by atoms with Gasteiger partial charge in [-0.05, 0) is 35.7 Å². The summed E-state index contributed by atoms with van der Waals surface area (Å²) in [6, 6.07) is 12.5. The molecule has 0 atom stereocenters. The number of piperazine rings is 1. The van der Waals surface area contributed by atoms with E-state index >= 15 is 0 Å². The summed E-state index contributed by atoms with van der Waals surface area (Å²) in [5.41, 5.74) is 2.06. The third-order valence-electron chi connectivity index (χ3n) is 5.61. The van der Waals surface area contributed by atoms with Crippen LogP contribution in [-0.4, -0.2) is 74.7 Å². The second-order valence-electron chi connectivity index (χ2n) is 7.64. The quantitative estimate of drug-likeness (QED) is 0.755. The highest BCUT2D eigenvalue weighted by atomic mass is 32.1. The van der Waals surface area contributed by atoms with Gasteiger partial charge in [0.05, 0.1) is 13.2 Å². The third-order valence-corrected chi connectivity index (χ3v) is 6.47. The van der Waals surface area contributed by atoms with Crippen LogP contribution < -0.4 is 10.2 Å². The summed E-state index contributed by atoms with van der Waals surface area (Å²) in [7, 11) is 0. The van der Waals surface area contributed by atoms with Crippen molar-refractivity contribution in [3.63, 3.8) is 0 Å². The van der Waals surface area contributed by atoms with Crippen LogP contribution in [0.1, 0.15) is 11.3 Å². The number of thiophene rings is 1. The van der Waals surface area contributed by atoms with E-state index in [4.69, 9.17) is 4.74 Å². The Balaban J connectivity index is 1.16. The van der Waals surface area contributed by atoms with Crippen molar-refractivity contribution in [1.82, 2.24) is 9.80 Å². The molecule has 156 valence electrons. The van der Waals surface area contributed by atoms with Gasteiger partial charge in [0.1, 0.15) is 0 Å². The van der Waals surface area contributed by atoms with E-state index in [1.165, 1.54) is 10.6 Å². The number of nitrogens with one attached hydrogen (secondary N) is 1.